The quantitative estimate of drug-likeness (QED) is 0.341. The van der Waals surface area contributed by atoms with Gasteiger partial charge in [0, 0.05) is 0 Å². The van der Waals surface area contributed by atoms with Crippen LogP contribution >= 0.6 is 0 Å². The van der Waals surface area contributed by atoms with E-state index in [2.05, 4.69) is 24.3 Å². The molecule has 0 aliphatic heterocycles. The van der Waals surface area contributed by atoms with Gasteiger partial charge in [-0.3, -0.25) is 0 Å². The van der Waals surface area contributed by atoms with Crippen molar-refractivity contribution in [1.82, 2.24) is 0 Å². The van der Waals surface area contributed by atoms with Crippen LogP contribution in [-0.4, -0.2) is 0 Å². The minimum absolute atomic E-state index is 0. The van der Waals surface area contributed by atoms with E-state index in [4.69, 9.17) is 0 Å². The third kappa shape index (κ3) is 17.7. The third-order valence-electron chi connectivity index (χ3n) is 2.43. The van der Waals surface area contributed by atoms with E-state index >= 15 is 0 Å². The van der Waals surface area contributed by atoms with Gasteiger partial charge in [-0.2, -0.15) is 146 Å². The predicted octanol–water partition coefficient (Wildman–Crippen LogP) is 5.94. The standard InChI is InChI=1S/4C6H5.V/c4*1-2-4-6-5-3-1;/h4*1-5H;/q4*-1;+4. The minimum atomic E-state index is 0. The fourth-order valence-electron chi connectivity index (χ4n) is 1.37. The zero-order valence-corrected chi connectivity index (χ0v) is 15.4. The molecule has 0 nitrogen and oxygen atoms in total. The van der Waals surface area contributed by atoms with E-state index in [1.807, 2.05) is 121 Å². The Hall–Kier alpha value is -2.54. The van der Waals surface area contributed by atoms with Crippen LogP contribution in [0.15, 0.2) is 121 Å². The van der Waals surface area contributed by atoms with Crippen LogP contribution < -0.4 is 0 Å². The fourth-order valence-corrected chi connectivity index (χ4v) is 1.37. The number of hydrogen-bond donors (Lipinski definition) is 0. The number of rotatable bonds is 0. The van der Waals surface area contributed by atoms with Crippen molar-refractivity contribution in [2.24, 2.45) is 0 Å². The van der Waals surface area contributed by atoms with Crippen molar-refractivity contribution >= 4 is 0 Å². The van der Waals surface area contributed by atoms with Gasteiger partial charge in [-0.25, -0.2) is 0 Å². The van der Waals surface area contributed by atoms with Crippen molar-refractivity contribution in [3.8, 4) is 0 Å². The first kappa shape index (κ1) is 22.5. The van der Waals surface area contributed by atoms with Crippen molar-refractivity contribution < 1.29 is 18.6 Å². The summed E-state index contributed by atoms with van der Waals surface area (Å²) in [6, 6.07) is 50.0. The normalized spacial score (nSPS) is 7.68. The molecule has 4 aromatic rings. The van der Waals surface area contributed by atoms with E-state index in [-0.39, 0.29) is 18.6 Å². The fraction of sp³-hybridized carbons (Fsp3) is 0. The van der Waals surface area contributed by atoms with Crippen LogP contribution in [0.4, 0.5) is 0 Å². The molecule has 4 aromatic carbocycles. The molecular weight excluding hydrogens is 339 g/mol. The molecule has 1 heteroatoms. The Morgan fingerprint density at radius 2 is 0.400 bits per heavy atom. The Morgan fingerprint density at radius 1 is 0.240 bits per heavy atom. The van der Waals surface area contributed by atoms with Gasteiger partial charge in [-0.1, -0.05) is 0 Å². The average molecular weight is 359 g/mol. The van der Waals surface area contributed by atoms with E-state index in [9.17, 15) is 0 Å². The summed E-state index contributed by atoms with van der Waals surface area (Å²) in [4.78, 5) is 0. The van der Waals surface area contributed by atoms with Gasteiger partial charge in [-0.05, 0) is 0 Å². The van der Waals surface area contributed by atoms with Gasteiger partial charge in [0.2, 0.25) is 0 Å². The molecular formula is C24H20V. The molecule has 0 fully saturated rings. The van der Waals surface area contributed by atoms with Gasteiger partial charge in [-0.15, -0.1) is 0 Å². The first-order chi connectivity index (χ1) is 12.0. The maximum Gasteiger partial charge on any atom is 4.00 e. The molecule has 0 N–H and O–H groups in total. The molecule has 25 heavy (non-hydrogen) atoms. The van der Waals surface area contributed by atoms with Gasteiger partial charge < -0.3 is 0 Å². The summed E-state index contributed by atoms with van der Waals surface area (Å²) in [5, 5.41) is 0. The zero-order valence-electron chi connectivity index (χ0n) is 14.0. The van der Waals surface area contributed by atoms with Crippen LogP contribution in [0, 0.1) is 24.3 Å². The maximum atomic E-state index is 2.89. The molecule has 1 radical (unpaired) electrons. The molecule has 0 atom stereocenters. The molecule has 0 aromatic heterocycles. The molecule has 0 spiro atoms. The van der Waals surface area contributed by atoms with E-state index in [1.54, 1.807) is 0 Å². The SMILES string of the molecule is [V+4].[c-]1ccccc1.[c-]1ccccc1.[c-]1ccccc1.[c-]1ccccc1. The Kier molecular flexibility index (Phi) is 17.5. The summed E-state index contributed by atoms with van der Waals surface area (Å²) < 4.78 is 0. The van der Waals surface area contributed by atoms with Crippen molar-refractivity contribution in [1.29, 1.82) is 0 Å². The molecule has 0 saturated heterocycles. The van der Waals surface area contributed by atoms with Crippen LogP contribution in [0.3, 0.4) is 0 Å². The number of hydrogen-bond acceptors (Lipinski definition) is 0. The first-order valence-electron chi connectivity index (χ1n) is 7.64. The van der Waals surface area contributed by atoms with Crippen LogP contribution in [0.25, 0.3) is 0 Å². The summed E-state index contributed by atoms with van der Waals surface area (Å²) >= 11 is 0. The average Bonchev–Trinajstić information content (AvgIpc) is 2.75. The summed E-state index contributed by atoms with van der Waals surface area (Å²) in [6.45, 7) is 0. The molecule has 0 bridgehead atoms. The third-order valence-corrected chi connectivity index (χ3v) is 2.43. The summed E-state index contributed by atoms with van der Waals surface area (Å²) in [7, 11) is 0. The van der Waals surface area contributed by atoms with Crippen LogP contribution in [-0.2, 0) is 18.6 Å². The summed E-state index contributed by atoms with van der Waals surface area (Å²) in [6.07, 6.45) is 0. The topological polar surface area (TPSA) is 0 Å². The van der Waals surface area contributed by atoms with E-state index in [0.717, 1.165) is 0 Å². The van der Waals surface area contributed by atoms with Crippen LogP contribution in [0.1, 0.15) is 0 Å². The van der Waals surface area contributed by atoms with E-state index in [0.29, 0.717) is 0 Å². The second-order valence-electron chi connectivity index (χ2n) is 4.31. The van der Waals surface area contributed by atoms with Crippen LogP contribution in [0.2, 0.25) is 0 Å². The van der Waals surface area contributed by atoms with Crippen molar-refractivity contribution in [3.63, 3.8) is 0 Å². The Morgan fingerprint density at radius 3 is 0.440 bits per heavy atom. The second-order valence-corrected chi connectivity index (χ2v) is 4.31. The van der Waals surface area contributed by atoms with Gasteiger partial charge >= 0.3 is 18.6 Å². The van der Waals surface area contributed by atoms with Gasteiger partial charge in [0.05, 0.1) is 0 Å². The van der Waals surface area contributed by atoms with Gasteiger partial charge in [0.15, 0.2) is 0 Å². The maximum absolute atomic E-state index is 2.89. The van der Waals surface area contributed by atoms with Crippen molar-refractivity contribution in [2.75, 3.05) is 0 Å². The monoisotopic (exact) mass is 359 g/mol. The van der Waals surface area contributed by atoms with Crippen molar-refractivity contribution in [3.05, 3.63) is 146 Å². The zero-order chi connectivity index (χ0) is 17.0. The Labute approximate surface area is 164 Å². The second kappa shape index (κ2) is 19.5. The predicted molar refractivity (Wildman–Crippen MR) is 101 cm³/mol. The number of benzene rings is 4. The molecule has 121 valence electrons. The molecule has 0 amide bonds. The molecule has 0 aliphatic carbocycles. The largest absolute Gasteiger partial charge is 4.00 e. The molecule has 0 heterocycles. The summed E-state index contributed by atoms with van der Waals surface area (Å²) in [5.74, 6) is 0. The Bertz CT molecular complexity index is 420. The van der Waals surface area contributed by atoms with Crippen LogP contribution in [0.5, 0.6) is 0 Å². The molecule has 4 rings (SSSR count). The van der Waals surface area contributed by atoms with Crippen molar-refractivity contribution in [2.45, 2.75) is 0 Å². The Balaban J connectivity index is 0.000000303. The van der Waals surface area contributed by atoms with Gasteiger partial charge in [0.25, 0.3) is 0 Å². The van der Waals surface area contributed by atoms with E-state index < -0.39 is 0 Å². The molecule has 0 saturated carbocycles. The first-order valence-corrected chi connectivity index (χ1v) is 7.64. The molecule has 0 aliphatic rings. The minimum Gasteiger partial charge on any atom is -0.184 e. The molecule has 0 unspecified atom stereocenters. The summed E-state index contributed by atoms with van der Waals surface area (Å²) in [5.41, 5.74) is 0. The van der Waals surface area contributed by atoms with E-state index in [1.165, 1.54) is 0 Å². The smallest absolute Gasteiger partial charge is 0.184 e. The van der Waals surface area contributed by atoms with Gasteiger partial charge in [0.1, 0.15) is 0 Å².